The summed E-state index contributed by atoms with van der Waals surface area (Å²) in [6.07, 6.45) is 1.39. The van der Waals surface area contributed by atoms with E-state index in [-0.39, 0.29) is 62.5 Å². The molecule has 3 rings (SSSR count). The number of nitro benzene ring substituents is 1. The fraction of sp³-hybridized carbons (Fsp3) is 0.562. The standard InChI is InChI=1S/C48H68N6O19/c1-35(2)45(47(60)50-36(3)46(59)51-38-6-4-37(5-7-38)34-72-48(61)73-40-10-8-39(9-11-40)54(62)63)52-42(56)15-18-64-20-22-66-24-26-68-28-30-70-32-33-71-31-29-69-27-25-67-23-21-65-19-16-49-41(55)14-17-53-43(57)12-13-44(53)58/h4-13,35-36,45H,14-34H2,1-3H3,(H,49,55)(H,50,60)(H,51,59)(H,52,56). The number of rotatable bonds is 40. The number of hydrogen-bond donors (Lipinski definition) is 4. The van der Waals surface area contributed by atoms with Crippen LogP contribution in [0.5, 0.6) is 5.75 Å². The van der Waals surface area contributed by atoms with Crippen molar-refractivity contribution in [3.05, 3.63) is 76.4 Å². The maximum absolute atomic E-state index is 13.1. The van der Waals surface area contributed by atoms with Crippen molar-refractivity contribution in [2.24, 2.45) is 5.92 Å². The molecule has 2 aromatic carbocycles. The van der Waals surface area contributed by atoms with E-state index in [4.69, 9.17) is 47.4 Å². The predicted molar refractivity (Wildman–Crippen MR) is 258 cm³/mol. The zero-order chi connectivity index (χ0) is 53.1. The third kappa shape index (κ3) is 27.3. The topological polar surface area (TPSA) is 306 Å². The van der Waals surface area contributed by atoms with Crippen molar-refractivity contribution >= 4 is 53.0 Å². The van der Waals surface area contributed by atoms with E-state index in [1.165, 1.54) is 43.3 Å². The first-order chi connectivity index (χ1) is 35.2. The molecule has 2 atom stereocenters. The minimum Gasteiger partial charge on any atom is -0.429 e. The highest BCUT2D eigenvalue weighted by atomic mass is 16.7. The minimum absolute atomic E-state index is 0.0102. The molecule has 0 bridgehead atoms. The van der Waals surface area contributed by atoms with Gasteiger partial charge in [-0.05, 0) is 42.7 Å². The van der Waals surface area contributed by atoms with E-state index < -0.39 is 52.7 Å². The smallest absolute Gasteiger partial charge is 0.429 e. The second-order valence-corrected chi connectivity index (χ2v) is 16.0. The number of non-ortho nitro benzene ring substituents is 1. The third-order valence-electron chi connectivity index (χ3n) is 9.95. The maximum atomic E-state index is 13.1. The van der Waals surface area contributed by atoms with E-state index in [1.807, 2.05) is 0 Å². The van der Waals surface area contributed by atoms with Crippen molar-refractivity contribution in [2.45, 2.75) is 52.3 Å². The molecule has 1 aliphatic heterocycles. The van der Waals surface area contributed by atoms with Crippen LogP contribution in [0.3, 0.4) is 0 Å². The van der Waals surface area contributed by atoms with Gasteiger partial charge < -0.3 is 68.6 Å². The van der Waals surface area contributed by atoms with Crippen molar-refractivity contribution in [2.75, 3.05) is 124 Å². The third-order valence-corrected chi connectivity index (χ3v) is 9.95. The van der Waals surface area contributed by atoms with Gasteiger partial charge in [0.15, 0.2) is 0 Å². The highest BCUT2D eigenvalue weighted by molar-refractivity contribution is 6.13. The molecule has 25 heteroatoms. The molecule has 0 aliphatic carbocycles. The van der Waals surface area contributed by atoms with Gasteiger partial charge in [-0.1, -0.05) is 26.0 Å². The Balaban J connectivity index is 1.06. The van der Waals surface area contributed by atoms with Crippen molar-refractivity contribution in [1.82, 2.24) is 20.9 Å². The summed E-state index contributed by atoms with van der Waals surface area (Å²) >= 11 is 0. The van der Waals surface area contributed by atoms with Crippen LogP contribution in [0.15, 0.2) is 60.7 Å². The van der Waals surface area contributed by atoms with Gasteiger partial charge in [-0.25, -0.2) is 4.79 Å². The number of ether oxygens (including phenoxy) is 10. The number of carbonyl (C=O) groups is 7. The average molecular weight is 1030 g/mol. The number of nitrogens with zero attached hydrogens (tertiary/aromatic N) is 2. The van der Waals surface area contributed by atoms with Gasteiger partial charge in [-0.2, -0.15) is 0 Å². The Bertz CT molecular complexity index is 2020. The number of amides is 6. The molecular formula is C48H68N6O19. The summed E-state index contributed by atoms with van der Waals surface area (Å²) in [6.45, 7) is 10.9. The van der Waals surface area contributed by atoms with Gasteiger partial charge in [-0.3, -0.25) is 43.8 Å². The second kappa shape index (κ2) is 36.5. The summed E-state index contributed by atoms with van der Waals surface area (Å²) in [6, 6.07) is 9.49. The molecule has 0 saturated carbocycles. The maximum Gasteiger partial charge on any atom is 0.514 e. The van der Waals surface area contributed by atoms with Crippen molar-refractivity contribution in [3.63, 3.8) is 0 Å². The Labute approximate surface area is 423 Å². The summed E-state index contributed by atoms with van der Waals surface area (Å²) < 4.78 is 53.8. The van der Waals surface area contributed by atoms with E-state index >= 15 is 0 Å². The lowest BCUT2D eigenvalue weighted by atomic mass is 10.0. The van der Waals surface area contributed by atoms with Gasteiger partial charge >= 0.3 is 6.16 Å². The quantitative estimate of drug-likeness (QED) is 0.0185. The number of carbonyl (C=O) groups excluding carboxylic acids is 7. The van der Waals surface area contributed by atoms with Gasteiger partial charge in [0, 0.05) is 55.9 Å². The normalized spacial score (nSPS) is 12.9. The van der Waals surface area contributed by atoms with Gasteiger partial charge in [-0.15, -0.1) is 0 Å². The summed E-state index contributed by atoms with van der Waals surface area (Å²) in [5.41, 5.74) is 0.854. The lowest BCUT2D eigenvalue weighted by Crippen LogP contribution is -2.53. The molecule has 0 aromatic heterocycles. The average Bonchev–Trinajstić information content (AvgIpc) is 3.69. The summed E-state index contributed by atoms with van der Waals surface area (Å²) in [4.78, 5) is 96.6. The fourth-order valence-corrected chi connectivity index (χ4v) is 6.01. The second-order valence-electron chi connectivity index (χ2n) is 16.0. The first-order valence-corrected chi connectivity index (χ1v) is 23.7. The molecule has 4 N–H and O–H groups in total. The van der Waals surface area contributed by atoms with Crippen LogP contribution in [0.25, 0.3) is 0 Å². The van der Waals surface area contributed by atoms with Gasteiger partial charge in [0.1, 0.15) is 24.4 Å². The highest BCUT2D eigenvalue weighted by Gasteiger charge is 2.27. The first kappa shape index (κ1) is 60.9. The number of benzene rings is 2. The van der Waals surface area contributed by atoms with Crippen LogP contribution in [0.4, 0.5) is 16.2 Å². The molecule has 0 saturated heterocycles. The Morgan fingerprint density at radius 3 is 1.55 bits per heavy atom. The number of hydrogen-bond acceptors (Lipinski definition) is 19. The molecule has 0 spiro atoms. The molecule has 73 heavy (non-hydrogen) atoms. The molecule has 1 aliphatic rings. The molecule has 1 heterocycles. The number of anilines is 1. The van der Waals surface area contributed by atoms with Crippen LogP contribution < -0.4 is 26.0 Å². The van der Waals surface area contributed by atoms with Crippen LogP contribution in [-0.2, 0) is 78.0 Å². The van der Waals surface area contributed by atoms with Crippen LogP contribution in [0.2, 0.25) is 0 Å². The van der Waals surface area contributed by atoms with E-state index in [0.29, 0.717) is 110 Å². The molecular weight excluding hydrogens is 965 g/mol. The molecule has 0 radical (unpaired) electrons. The molecule has 0 fully saturated rings. The SMILES string of the molecule is CC(NC(=O)C(NC(=O)CCOCCOCCOCCOCCOCCOCCOCCOCCNC(=O)CCN1C(=O)C=CC1=O)C(C)C)C(=O)Nc1ccc(COC(=O)Oc2ccc([N+](=O)[O-])cc2)cc1. The largest absolute Gasteiger partial charge is 0.514 e. The molecule has 6 amide bonds. The molecule has 25 nitrogen and oxygen atoms in total. The molecule has 404 valence electrons. The van der Waals surface area contributed by atoms with Crippen molar-refractivity contribution in [1.29, 1.82) is 0 Å². The van der Waals surface area contributed by atoms with Gasteiger partial charge in [0.05, 0.1) is 111 Å². The number of nitrogens with one attached hydrogen (secondary N) is 4. The number of nitro groups is 1. The predicted octanol–water partition coefficient (Wildman–Crippen LogP) is 1.85. The van der Waals surface area contributed by atoms with Crippen LogP contribution in [-0.4, -0.2) is 182 Å². The highest BCUT2D eigenvalue weighted by Crippen LogP contribution is 2.18. The lowest BCUT2D eigenvalue weighted by Gasteiger charge is -2.24. The minimum atomic E-state index is -1.01. The first-order valence-electron chi connectivity index (χ1n) is 23.7. The van der Waals surface area contributed by atoms with E-state index in [2.05, 4.69) is 21.3 Å². The van der Waals surface area contributed by atoms with E-state index in [9.17, 15) is 43.7 Å². The van der Waals surface area contributed by atoms with Crippen LogP contribution >= 0.6 is 0 Å². The van der Waals surface area contributed by atoms with Gasteiger partial charge in [0.25, 0.3) is 17.5 Å². The van der Waals surface area contributed by atoms with Gasteiger partial charge in [0.2, 0.25) is 23.6 Å². The lowest BCUT2D eigenvalue weighted by molar-refractivity contribution is -0.384. The Kier molecular flexibility index (Phi) is 30.4. The van der Waals surface area contributed by atoms with E-state index in [1.54, 1.807) is 38.1 Å². The van der Waals surface area contributed by atoms with Crippen LogP contribution in [0, 0.1) is 16.0 Å². The monoisotopic (exact) mass is 1030 g/mol. The summed E-state index contributed by atoms with van der Waals surface area (Å²) in [5.74, 6) is -2.73. The molecule has 2 aromatic rings. The van der Waals surface area contributed by atoms with E-state index in [0.717, 1.165) is 4.90 Å². The summed E-state index contributed by atoms with van der Waals surface area (Å²) in [7, 11) is 0. The Hall–Kier alpha value is -6.45. The Morgan fingerprint density at radius 1 is 0.589 bits per heavy atom. The molecule has 2 unspecified atom stereocenters. The number of imide groups is 1. The summed E-state index contributed by atoms with van der Waals surface area (Å²) in [5, 5.41) is 21.5. The van der Waals surface area contributed by atoms with Crippen LogP contribution in [0.1, 0.15) is 39.2 Å². The zero-order valence-electron chi connectivity index (χ0n) is 41.5. The van der Waals surface area contributed by atoms with Crippen molar-refractivity contribution in [3.8, 4) is 5.75 Å². The van der Waals surface area contributed by atoms with Crippen molar-refractivity contribution < 1.29 is 85.9 Å². The fourth-order valence-electron chi connectivity index (χ4n) is 6.01. The Morgan fingerprint density at radius 2 is 1.07 bits per heavy atom. The zero-order valence-corrected chi connectivity index (χ0v) is 41.5.